The maximum Gasteiger partial charge on any atom is 0.246 e. The van der Waals surface area contributed by atoms with Crippen LogP contribution in [-0.2, 0) is 9.59 Å². The summed E-state index contributed by atoms with van der Waals surface area (Å²) in [7, 11) is 3.16. The number of para-hydroxylation sites is 1. The molecule has 0 aliphatic carbocycles. The van der Waals surface area contributed by atoms with Crippen LogP contribution in [-0.4, -0.2) is 44.0 Å². The van der Waals surface area contributed by atoms with Crippen LogP contribution in [0.15, 0.2) is 54.6 Å². The van der Waals surface area contributed by atoms with Crippen LogP contribution < -0.4 is 14.8 Å². The van der Waals surface area contributed by atoms with Crippen LogP contribution in [0.2, 0.25) is 0 Å². The van der Waals surface area contributed by atoms with Gasteiger partial charge in [0.15, 0.2) is 11.5 Å². The third-order valence-corrected chi connectivity index (χ3v) is 5.04. The lowest BCUT2D eigenvalue weighted by Gasteiger charge is -2.30. The van der Waals surface area contributed by atoms with Crippen molar-refractivity contribution in [2.24, 2.45) is 5.92 Å². The Morgan fingerprint density at radius 2 is 1.69 bits per heavy atom. The number of amides is 2. The van der Waals surface area contributed by atoms with Gasteiger partial charge in [0.1, 0.15) is 0 Å². The fourth-order valence-electron chi connectivity index (χ4n) is 3.36. The maximum atomic E-state index is 12.5. The Balaban J connectivity index is 1.52. The standard InChI is InChI=1S/C23H26N2O4/c1-28-20-10-8-17(16-21(20)29-2)9-11-22(26)25-14-12-18(13-15-25)23(27)24-19-6-4-3-5-7-19/h3-11,16,18H,12-15H2,1-2H3,(H,24,27). The van der Waals surface area contributed by atoms with Crippen LogP contribution in [0.3, 0.4) is 0 Å². The number of benzene rings is 2. The van der Waals surface area contributed by atoms with Gasteiger partial charge in [0.25, 0.3) is 0 Å². The first-order valence-corrected chi connectivity index (χ1v) is 9.65. The topological polar surface area (TPSA) is 67.9 Å². The molecule has 0 unspecified atom stereocenters. The molecule has 0 radical (unpaired) electrons. The summed E-state index contributed by atoms with van der Waals surface area (Å²) in [4.78, 5) is 26.7. The molecule has 2 amide bonds. The van der Waals surface area contributed by atoms with Crippen molar-refractivity contribution in [3.8, 4) is 11.5 Å². The van der Waals surface area contributed by atoms with E-state index in [1.807, 2.05) is 42.5 Å². The Hall–Kier alpha value is -3.28. The highest BCUT2D eigenvalue weighted by Crippen LogP contribution is 2.28. The zero-order chi connectivity index (χ0) is 20.6. The van der Waals surface area contributed by atoms with E-state index in [-0.39, 0.29) is 17.7 Å². The number of nitrogens with zero attached hydrogens (tertiary/aromatic N) is 1. The van der Waals surface area contributed by atoms with Gasteiger partial charge in [-0.2, -0.15) is 0 Å². The molecule has 3 rings (SSSR count). The fourth-order valence-corrected chi connectivity index (χ4v) is 3.36. The minimum Gasteiger partial charge on any atom is -0.493 e. The number of nitrogens with one attached hydrogen (secondary N) is 1. The van der Waals surface area contributed by atoms with E-state index in [0.29, 0.717) is 37.4 Å². The van der Waals surface area contributed by atoms with Gasteiger partial charge in [-0.05, 0) is 48.7 Å². The monoisotopic (exact) mass is 394 g/mol. The molecule has 0 saturated carbocycles. The largest absolute Gasteiger partial charge is 0.493 e. The van der Waals surface area contributed by atoms with Gasteiger partial charge in [-0.3, -0.25) is 9.59 Å². The third kappa shape index (κ3) is 5.38. The minimum absolute atomic E-state index is 0.0177. The Labute approximate surface area is 171 Å². The van der Waals surface area contributed by atoms with Crippen molar-refractivity contribution in [2.75, 3.05) is 32.6 Å². The Kier molecular flexibility index (Phi) is 6.89. The second-order valence-electron chi connectivity index (χ2n) is 6.90. The Bertz CT molecular complexity index is 872. The van der Waals surface area contributed by atoms with Crippen LogP contribution in [0, 0.1) is 5.92 Å². The van der Waals surface area contributed by atoms with E-state index in [1.54, 1.807) is 37.3 Å². The first-order valence-electron chi connectivity index (χ1n) is 9.65. The zero-order valence-electron chi connectivity index (χ0n) is 16.8. The van der Waals surface area contributed by atoms with Gasteiger partial charge in [-0.15, -0.1) is 0 Å². The summed E-state index contributed by atoms with van der Waals surface area (Å²) in [5, 5.41) is 2.94. The van der Waals surface area contributed by atoms with E-state index in [9.17, 15) is 9.59 Å². The zero-order valence-corrected chi connectivity index (χ0v) is 16.8. The van der Waals surface area contributed by atoms with Crippen molar-refractivity contribution in [2.45, 2.75) is 12.8 Å². The molecule has 1 N–H and O–H groups in total. The average molecular weight is 394 g/mol. The van der Waals surface area contributed by atoms with Crippen molar-refractivity contribution in [3.05, 3.63) is 60.2 Å². The first kappa shape index (κ1) is 20.5. The molecular formula is C23H26N2O4. The Morgan fingerprint density at radius 1 is 1.00 bits per heavy atom. The van der Waals surface area contributed by atoms with E-state index in [0.717, 1.165) is 11.3 Å². The molecule has 29 heavy (non-hydrogen) atoms. The molecule has 1 aliphatic heterocycles. The number of methoxy groups -OCH3 is 2. The lowest BCUT2D eigenvalue weighted by Crippen LogP contribution is -2.40. The summed E-state index contributed by atoms with van der Waals surface area (Å²) in [5.74, 6) is 1.15. The lowest BCUT2D eigenvalue weighted by atomic mass is 9.95. The van der Waals surface area contributed by atoms with Crippen LogP contribution in [0.5, 0.6) is 11.5 Å². The van der Waals surface area contributed by atoms with E-state index in [4.69, 9.17) is 9.47 Å². The highest BCUT2D eigenvalue weighted by atomic mass is 16.5. The van der Waals surface area contributed by atoms with Crippen molar-refractivity contribution in [3.63, 3.8) is 0 Å². The molecular weight excluding hydrogens is 368 g/mol. The molecule has 0 aromatic heterocycles. The number of anilines is 1. The number of hydrogen-bond donors (Lipinski definition) is 1. The molecule has 2 aromatic carbocycles. The lowest BCUT2D eigenvalue weighted by molar-refractivity contribution is -0.130. The number of rotatable bonds is 6. The SMILES string of the molecule is COc1ccc(C=CC(=O)N2CCC(C(=O)Nc3ccccc3)CC2)cc1OC. The van der Waals surface area contributed by atoms with Crippen molar-refractivity contribution >= 4 is 23.6 Å². The highest BCUT2D eigenvalue weighted by Gasteiger charge is 2.26. The summed E-state index contributed by atoms with van der Waals surface area (Å²) in [6.07, 6.45) is 4.65. The first-order chi connectivity index (χ1) is 14.1. The molecule has 152 valence electrons. The molecule has 1 aliphatic rings. The Morgan fingerprint density at radius 3 is 2.34 bits per heavy atom. The number of hydrogen-bond acceptors (Lipinski definition) is 4. The van der Waals surface area contributed by atoms with Gasteiger partial charge in [0, 0.05) is 30.8 Å². The molecule has 6 heteroatoms. The van der Waals surface area contributed by atoms with Crippen molar-refractivity contribution < 1.29 is 19.1 Å². The van der Waals surface area contributed by atoms with E-state index in [1.165, 1.54) is 0 Å². The van der Waals surface area contributed by atoms with Crippen LogP contribution in [0.25, 0.3) is 6.08 Å². The summed E-state index contributed by atoms with van der Waals surface area (Å²) >= 11 is 0. The summed E-state index contributed by atoms with van der Waals surface area (Å²) in [5.41, 5.74) is 1.65. The second-order valence-corrected chi connectivity index (χ2v) is 6.90. The van der Waals surface area contributed by atoms with Crippen LogP contribution in [0.4, 0.5) is 5.69 Å². The van der Waals surface area contributed by atoms with E-state index < -0.39 is 0 Å². The van der Waals surface area contributed by atoms with Crippen LogP contribution >= 0.6 is 0 Å². The fraction of sp³-hybridized carbons (Fsp3) is 0.304. The number of piperidine rings is 1. The summed E-state index contributed by atoms with van der Waals surface area (Å²) in [6.45, 7) is 1.14. The maximum absolute atomic E-state index is 12.5. The predicted molar refractivity (Wildman–Crippen MR) is 113 cm³/mol. The summed E-state index contributed by atoms with van der Waals surface area (Å²) < 4.78 is 10.5. The van der Waals surface area contributed by atoms with E-state index >= 15 is 0 Å². The van der Waals surface area contributed by atoms with Crippen molar-refractivity contribution in [1.29, 1.82) is 0 Å². The van der Waals surface area contributed by atoms with Gasteiger partial charge in [0.05, 0.1) is 14.2 Å². The smallest absolute Gasteiger partial charge is 0.246 e. The molecule has 1 saturated heterocycles. The minimum atomic E-state index is -0.0749. The third-order valence-electron chi connectivity index (χ3n) is 5.04. The molecule has 6 nitrogen and oxygen atoms in total. The highest BCUT2D eigenvalue weighted by molar-refractivity contribution is 5.94. The molecule has 2 aromatic rings. The van der Waals surface area contributed by atoms with E-state index in [2.05, 4.69) is 5.32 Å². The summed E-state index contributed by atoms with van der Waals surface area (Å²) in [6, 6.07) is 14.9. The molecule has 1 fully saturated rings. The second kappa shape index (κ2) is 9.78. The molecule has 0 atom stereocenters. The number of carbonyl (C=O) groups is 2. The van der Waals surface area contributed by atoms with Gasteiger partial charge in [-0.1, -0.05) is 24.3 Å². The average Bonchev–Trinajstić information content (AvgIpc) is 2.78. The normalized spacial score (nSPS) is 14.6. The molecule has 0 bridgehead atoms. The van der Waals surface area contributed by atoms with Crippen molar-refractivity contribution in [1.82, 2.24) is 4.90 Å². The molecule has 1 heterocycles. The quantitative estimate of drug-likeness (QED) is 0.761. The predicted octanol–water partition coefficient (Wildman–Crippen LogP) is 3.59. The van der Waals surface area contributed by atoms with Gasteiger partial charge in [0.2, 0.25) is 11.8 Å². The number of likely N-dealkylation sites (tertiary alicyclic amines) is 1. The van der Waals surface area contributed by atoms with Gasteiger partial charge >= 0.3 is 0 Å². The van der Waals surface area contributed by atoms with Gasteiger partial charge in [-0.25, -0.2) is 0 Å². The van der Waals surface area contributed by atoms with Gasteiger partial charge < -0.3 is 19.7 Å². The molecule has 0 spiro atoms. The van der Waals surface area contributed by atoms with Crippen LogP contribution in [0.1, 0.15) is 18.4 Å². The number of ether oxygens (including phenoxy) is 2. The number of carbonyl (C=O) groups excluding carboxylic acids is 2.